The molecule has 0 aliphatic heterocycles. The number of nitriles is 1. The molecule has 0 spiro atoms. The molecule has 6 heteroatoms. The summed E-state index contributed by atoms with van der Waals surface area (Å²) in [4.78, 5) is 0. The van der Waals surface area contributed by atoms with Crippen molar-refractivity contribution >= 4 is 17.4 Å². The lowest BCUT2D eigenvalue weighted by atomic mass is 10.1. The van der Waals surface area contributed by atoms with Crippen LogP contribution in [-0.4, -0.2) is 18.1 Å². The van der Waals surface area contributed by atoms with Crippen molar-refractivity contribution in [1.82, 2.24) is 0 Å². The molecule has 18 heavy (non-hydrogen) atoms. The lowest BCUT2D eigenvalue weighted by molar-refractivity contribution is -0.137. The molecule has 0 aliphatic rings. The second kappa shape index (κ2) is 6.55. The minimum absolute atomic E-state index is 0.0197. The molecule has 1 aromatic carbocycles. The molecule has 0 saturated carbocycles. The van der Waals surface area contributed by atoms with E-state index in [4.69, 9.17) is 5.26 Å². The number of hydrogen-bond donors (Lipinski definition) is 1. The highest BCUT2D eigenvalue weighted by Gasteiger charge is 2.30. The van der Waals surface area contributed by atoms with Crippen LogP contribution in [0.2, 0.25) is 0 Å². The van der Waals surface area contributed by atoms with Crippen LogP contribution in [0.15, 0.2) is 18.2 Å². The number of hydrogen-bond acceptors (Lipinski definition) is 3. The monoisotopic (exact) mass is 274 g/mol. The summed E-state index contributed by atoms with van der Waals surface area (Å²) in [6, 6.07) is 4.94. The predicted molar refractivity (Wildman–Crippen MR) is 67.6 cm³/mol. The van der Waals surface area contributed by atoms with E-state index in [0.717, 1.165) is 23.6 Å². The molecule has 0 saturated heterocycles. The van der Waals surface area contributed by atoms with E-state index in [9.17, 15) is 13.2 Å². The minimum atomic E-state index is -4.41. The first-order valence-electron chi connectivity index (χ1n) is 5.42. The summed E-state index contributed by atoms with van der Waals surface area (Å²) >= 11 is 1.72. The number of nitrogens with zero attached hydrogens (tertiary/aromatic N) is 1. The second-order valence-electron chi connectivity index (χ2n) is 3.49. The summed E-state index contributed by atoms with van der Waals surface area (Å²) in [5, 5.41) is 11.8. The van der Waals surface area contributed by atoms with Crippen LogP contribution in [0.4, 0.5) is 18.9 Å². The molecule has 0 bridgehead atoms. The fourth-order valence-corrected chi connectivity index (χ4v) is 1.90. The van der Waals surface area contributed by atoms with Crippen LogP contribution in [0.3, 0.4) is 0 Å². The van der Waals surface area contributed by atoms with Crippen LogP contribution in [0.1, 0.15) is 18.1 Å². The van der Waals surface area contributed by atoms with Crippen LogP contribution >= 0.6 is 11.8 Å². The van der Waals surface area contributed by atoms with Crippen LogP contribution in [0.5, 0.6) is 0 Å². The highest BCUT2D eigenvalue weighted by molar-refractivity contribution is 7.99. The maximum atomic E-state index is 12.5. The molecular weight excluding hydrogens is 261 g/mol. The van der Waals surface area contributed by atoms with Gasteiger partial charge in [0.15, 0.2) is 0 Å². The Bertz CT molecular complexity index is 438. The van der Waals surface area contributed by atoms with Crippen LogP contribution < -0.4 is 5.32 Å². The summed E-state index contributed by atoms with van der Waals surface area (Å²) < 4.78 is 37.4. The number of halogens is 3. The Labute approximate surface area is 108 Å². The van der Waals surface area contributed by atoms with Crippen LogP contribution in [-0.2, 0) is 6.18 Å². The van der Waals surface area contributed by atoms with Crippen molar-refractivity contribution in [3.8, 4) is 6.07 Å². The zero-order valence-electron chi connectivity index (χ0n) is 9.84. The number of rotatable bonds is 5. The Morgan fingerprint density at radius 3 is 2.67 bits per heavy atom. The Kier molecular flexibility index (Phi) is 5.35. The lowest BCUT2D eigenvalue weighted by Crippen LogP contribution is -2.09. The third-order valence-corrected chi connectivity index (χ3v) is 3.13. The van der Waals surface area contributed by atoms with Crippen molar-refractivity contribution < 1.29 is 13.2 Å². The molecule has 98 valence electrons. The van der Waals surface area contributed by atoms with Gasteiger partial charge in [0.1, 0.15) is 6.07 Å². The van der Waals surface area contributed by atoms with Crippen molar-refractivity contribution in [2.75, 3.05) is 23.4 Å². The second-order valence-corrected chi connectivity index (χ2v) is 4.89. The van der Waals surface area contributed by atoms with E-state index in [1.807, 2.05) is 6.92 Å². The highest BCUT2D eigenvalue weighted by atomic mass is 32.2. The van der Waals surface area contributed by atoms with Gasteiger partial charge >= 0.3 is 6.18 Å². The molecule has 1 aromatic rings. The van der Waals surface area contributed by atoms with Crippen molar-refractivity contribution in [2.24, 2.45) is 0 Å². The predicted octanol–water partition coefficient (Wildman–Crippen LogP) is 3.74. The van der Waals surface area contributed by atoms with Crippen molar-refractivity contribution in [2.45, 2.75) is 13.1 Å². The summed E-state index contributed by atoms with van der Waals surface area (Å²) in [7, 11) is 0. The number of thioether (sulfide) groups is 1. The molecule has 2 nitrogen and oxygen atoms in total. The Morgan fingerprint density at radius 1 is 1.39 bits per heavy atom. The molecule has 0 heterocycles. The highest BCUT2D eigenvalue weighted by Crippen LogP contribution is 2.31. The third kappa shape index (κ3) is 4.15. The van der Waals surface area contributed by atoms with Crippen LogP contribution in [0, 0.1) is 11.3 Å². The van der Waals surface area contributed by atoms with E-state index in [0.29, 0.717) is 12.2 Å². The fraction of sp³-hybridized carbons (Fsp3) is 0.417. The van der Waals surface area contributed by atoms with Gasteiger partial charge in [0.25, 0.3) is 0 Å². The van der Waals surface area contributed by atoms with Gasteiger partial charge in [-0.1, -0.05) is 6.92 Å². The topological polar surface area (TPSA) is 35.8 Å². The van der Waals surface area contributed by atoms with Gasteiger partial charge in [0.05, 0.1) is 16.8 Å². The van der Waals surface area contributed by atoms with E-state index in [1.165, 1.54) is 6.07 Å². The van der Waals surface area contributed by atoms with Crippen LogP contribution in [0.25, 0.3) is 0 Å². The van der Waals surface area contributed by atoms with E-state index >= 15 is 0 Å². The first-order valence-corrected chi connectivity index (χ1v) is 6.57. The molecule has 0 aliphatic carbocycles. The van der Waals surface area contributed by atoms with Gasteiger partial charge in [0.2, 0.25) is 0 Å². The zero-order valence-corrected chi connectivity index (χ0v) is 10.7. The van der Waals surface area contributed by atoms with Gasteiger partial charge in [-0.25, -0.2) is 0 Å². The SMILES string of the molecule is CCSCCNc1ccc(C(F)(F)F)cc1C#N. The van der Waals surface area contributed by atoms with Crippen molar-refractivity contribution in [1.29, 1.82) is 5.26 Å². The zero-order chi connectivity index (χ0) is 13.6. The van der Waals surface area contributed by atoms with Gasteiger partial charge in [-0.05, 0) is 24.0 Å². The summed E-state index contributed by atoms with van der Waals surface area (Å²) in [6.45, 7) is 2.65. The average molecular weight is 274 g/mol. The molecule has 0 atom stereocenters. The maximum absolute atomic E-state index is 12.5. The normalized spacial score (nSPS) is 11.1. The van der Waals surface area contributed by atoms with E-state index < -0.39 is 11.7 Å². The number of benzene rings is 1. The lowest BCUT2D eigenvalue weighted by Gasteiger charge is -2.11. The smallest absolute Gasteiger partial charge is 0.383 e. The Hall–Kier alpha value is -1.35. The van der Waals surface area contributed by atoms with Gasteiger partial charge < -0.3 is 5.32 Å². The van der Waals surface area contributed by atoms with Gasteiger partial charge in [-0.2, -0.15) is 30.2 Å². The maximum Gasteiger partial charge on any atom is 0.416 e. The van der Waals surface area contributed by atoms with E-state index in [1.54, 1.807) is 17.8 Å². The molecule has 0 radical (unpaired) electrons. The van der Waals surface area contributed by atoms with Crippen molar-refractivity contribution in [3.05, 3.63) is 29.3 Å². The Balaban J connectivity index is 2.79. The Morgan fingerprint density at radius 2 is 2.11 bits per heavy atom. The quantitative estimate of drug-likeness (QED) is 0.831. The number of anilines is 1. The van der Waals surface area contributed by atoms with Gasteiger partial charge in [-0.3, -0.25) is 0 Å². The minimum Gasteiger partial charge on any atom is -0.383 e. The summed E-state index contributed by atoms with van der Waals surface area (Å²) in [6.07, 6.45) is -4.41. The molecule has 0 amide bonds. The summed E-state index contributed by atoms with van der Waals surface area (Å²) in [5.41, 5.74) is -0.332. The molecule has 0 aromatic heterocycles. The summed E-state index contributed by atoms with van der Waals surface area (Å²) in [5.74, 6) is 1.84. The fourth-order valence-electron chi connectivity index (χ4n) is 1.37. The standard InChI is InChI=1S/C12H13F3N2S/c1-2-18-6-5-17-11-4-3-10(12(13,14)15)7-9(11)8-16/h3-4,7,17H,2,5-6H2,1H3. The van der Waals surface area contributed by atoms with E-state index in [2.05, 4.69) is 5.32 Å². The average Bonchev–Trinajstić information content (AvgIpc) is 2.33. The molecule has 0 unspecified atom stereocenters. The van der Waals surface area contributed by atoms with E-state index in [-0.39, 0.29) is 5.56 Å². The first-order chi connectivity index (χ1) is 8.49. The molecule has 0 fully saturated rings. The molecule has 1 N–H and O–H groups in total. The molecule has 1 rings (SSSR count). The van der Waals surface area contributed by atoms with Gasteiger partial charge in [-0.15, -0.1) is 0 Å². The molecular formula is C12H13F3N2S. The van der Waals surface area contributed by atoms with Crippen molar-refractivity contribution in [3.63, 3.8) is 0 Å². The first kappa shape index (κ1) is 14.7. The third-order valence-electron chi connectivity index (χ3n) is 2.23. The van der Waals surface area contributed by atoms with Gasteiger partial charge in [0, 0.05) is 12.3 Å². The largest absolute Gasteiger partial charge is 0.416 e. The number of alkyl halides is 3. The number of nitrogens with one attached hydrogen (secondary N) is 1.